The summed E-state index contributed by atoms with van der Waals surface area (Å²) < 4.78 is 8.23. The number of nitrogens with zero attached hydrogens (tertiary/aromatic N) is 6. The van der Waals surface area contributed by atoms with Gasteiger partial charge in [0.05, 0.1) is 17.5 Å². The average molecular weight is 459 g/mol. The standard InChI is InChI=1S/C23H21N7O4/c1-14(31)34-16-6-3-5-15(11-16)18-13-30-10-7-19(27-23(30)25-18)26-21(32)20-17(12-24-28(20)2)22(33)29-8-4-9-29/h3,5-7,10-13H,4,8-9H2,1-2H3,(H,25,26,27,32). The summed E-state index contributed by atoms with van der Waals surface area (Å²) in [7, 11) is 1.61. The molecule has 172 valence electrons. The third-order valence-electron chi connectivity index (χ3n) is 5.49. The van der Waals surface area contributed by atoms with E-state index in [0.29, 0.717) is 30.3 Å². The van der Waals surface area contributed by atoms with Crippen molar-refractivity contribution in [3.63, 3.8) is 0 Å². The fraction of sp³-hybridized carbons (Fsp3) is 0.217. The molecule has 0 bridgehead atoms. The van der Waals surface area contributed by atoms with Gasteiger partial charge in [-0.2, -0.15) is 10.1 Å². The molecule has 1 aliphatic rings. The maximum Gasteiger partial charge on any atom is 0.308 e. The van der Waals surface area contributed by atoms with Gasteiger partial charge < -0.3 is 15.0 Å². The van der Waals surface area contributed by atoms with Gasteiger partial charge >= 0.3 is 5.97 Å². The number of benzene rings is 1. The highest BCUT2D eigenvalue weighted by Gasteiger charge is 2.28. The molecule has 0 radical (unpaired) electrons. The maximum absolute atomic E-state index is 13.0. The summed E-state index contributed by atoms with van der Waals surface area (Å²) in [6.07, 6.45) is 5.88. The number of amides is 2. The summed E-state index contributed by atoms with van der Waals surface area (Å²) in [5.74, 6) is -0.0251. The van der Waals surface area contributed by atoms with Crippen molar-refractivity contribution >= 4 is 29.4 Å². The van der Waals surface area contributed by atoms with Crippen LogP contribution in [0.3, 0.4) is 0 Å². The van der Waals surface area contributed by atoms with E-state index in [1.807, 2.05) is 6.07 Å². The molecule has 4 heterocycles. The van der Waals surface area contributed by atoms with Crippen LogP contribution in [0.5, 0.6) is 5.75 Å². The molecule has 5 rings (SSSR count). The summed E-state index contributed by atoms with van der Waals surface area (Å²) in [6.45, 7) is 2.70. The van der Waals surface area contributed by atoms with Crippen molar-refractivity contribution in [1.82, 2.24) is 29.0 Å². The second kappa shape index (κ2) is 8.43. The number of carbonyl (C=O) groups is 3. The van der Waals surface area contributed by atoms with Gasteiger partial charge in [-0.3, -0.25) is 23.5 Å². The van der Waals surface area contributed by atoms with Crippen molar-refractivity contribution in [2.24, 2.45) is 7.05 Å². The molecule has 1 saturated heterocycles. The van der Waals surface area contributed by atoms with Crippen LogP contribution in [0.25, 0.3) is 17.0 Å². The number of hydrogen-bond acceptors (Lipinski definition) is 7. The Kier molecular flexibility index (Phi) is 5.28. The van der Waals surface area contributed by atoms with E-state index in [4.69, 9.17) is 4.74 Å². The molecule has 0 saturated carbocycles. The summed E-state index contributed by atoms with van der Waals surface area (Å²) in [5, 5.41) is 6.83. The lowest BCUT2D eigenvalue weighted by Gasteiger charge is -2.30. The van der Waals surface area contributed by atoms with Crippen LogP contribution in [0.1, 0.15) is 34.2 Å². The number of aromatic nitrogens is 5. The van der Waals surface area contributed by atoms with Gasteiger partial charge in [-0.15, -0.1) is 0 Å². The summed E-state index contributed by atoms with van der Waals surface area (Å²) >= 11 is 0. The van der Waals surface area contributed by atoms with Crippen LogP contribution in [-0.2, 0) is 11.8 Å². The maximum atomic E-state index is 13.0. The van der Waals surface area contributed by atoms with Crippen LogP contribution in [0.2, 0.25) is 0 Å². The fourth-order valence-electron chi connectivity index (χ4n) is 3.69. The monoisotopic (exact) mass is 459 g/mol. The highest BCUT2D eigenvalue weighted by atomic mass is 16.5. The van der Waals surface area contributed by atoms with Gasteiger partial charge in [0.2, 0.25) is 5.78 Å². The van der Waals surface area contributed by atoms with Crippen LogP contribution in [0.4, 0.5) is 5.82 Å². The van der Waals surface area contributed by atoms with Crippen LogP contribution in [0, 0.1) is 0 Å². The van der Waals surface area contributed by atoms with Crippen molar-refractivity contribution in [2.45, 2.75) is 13.3 Å². The lowest BCUT2D eigenvalue weighted by atomic mass is 10.1. The third kappa shape index (κ3) is 3.98. The minimum Gasteiger partial charge on any atom is -0.427 e. The molecule has 1 aliphatic heterocycles. The first-order valence-electron chi connectivity index (χ1n) is 10.7. The Bertz CT molecular complexity index is 1430. The van der Waals surface area contributed by atoms with E-state index in [2.05, 4.69) is 20.4 Å². The molecule has 4 aromatic rings. The van der Waals surface area contributed by atoms with Crippen molar-refractivity contribution in [1.29, 1.82) is 0 Å². The van der Waals surface area contributed by atoms with E-state index in [-0.39, 0.29) is 23.0 Å². The van der Waals surface area contributed by atoms with Crippen molar-refractivity contribution in [3.8, 4) is 17.0 Å². The number of rotatable bonds is 5. The topological polar surface area (TPSA) is 124 Å². The molecule has 0 unspecified atom stereocenters. The molecule has 0 spiro atoms. The smallest absolute Gasteiger partial charge is 0.308 e. The Labute approximate surface area is 194 Å². The molecule has 1 N–H and O–H groups in total. The van der Waals surface area contributed by atoms with Crippen molar-refractivity contribution in [3.05, 3.63) is 60.2 Å². The quantitative estimate of drug-likeness (QED) is 0.358. The summed E-state index contributed by atoms with van der Waals surface area (Å²) in [4.78, 5) is 47.5. The average Bonchev–Trinajstić information content (AvgIpc) is 3.35. The number of anilines is 1. The molecule has 3 aromatic heterocycles. The first kappa shape index (κ1) is 21.3. The van der Waals surface area contributed by atoms with Gasteiger partial charge in [0.1, 0.15) is 17.3 Å². The zero-order valence-electron chi connectivity index (χ0n) is 18.6. The van der Waals surface area contributed by atoms with Crippen LogP contribution < -0.4 is 10.1 Å². The molecule has 0 aliphatic carbocycles. The number of nitrogens with one attached hydrogen (secondary N) is 1. The number of likely N-dealkylation sites (tertiary alicyclic amines) is 1. The Morgan fingerprint density at radius 1 is 1.12 bits per heavy atom. The lowest BCUT2D eigenvalue weighted by Crippen LogP contribution is -2.42. The van der Waals surface area contributed by atoms with Crippen molar-refractivity contribution < 1.29 is 19.1 Å². The van der Waals surface area contributed by atoms with Crippen molar-refractivity contribution in [2.75, 3.05) is 18.4 Å². The molecule has 1 fully saturated rings. The normalized spacial score (nSPS) is 12.9. The minimum absolute atomic E-state index is 0.171. The summed E-state index contributed by atoms with van der Waals surface area (Å²) in [6, 6.07) is 8.65. The molecule has 11 heteroatoms. The minimum atomic E-state index is -0.485. The second-order valence-corrected chi connectivity index (χ2v) is 7.90. The Morgan fingerprint density at radius 3 is 2.68 bits per heavy atom. The van der Waals surface area contributed by atoms with Crippen LogP contribution in [0.15, 0.2) is 48.9 Å². The first-order valence-corrected chi connectivity index (χ1v) is 10.7. The number of carbonyl (C=O) groups excluding carboxylic acids is 3. The Hall–Kier alpha value is -4.54. The highest BCUT2D eigenvalue weighted by molar-refractivity contribution is 6.10. The lowest BCUT2D eigenvalue weighted by molar-refractivity contribution is -0.131. The van der Waals surface area contributed by atoms with E-state index in [0.717, 1.165) is 12.0 Å². The van der Waals surface area contributed by atoms with Crippen LogP contribution >= 0.6 is 0 Å². The molecule has 11 nitrogen and oxygen atoms in total. The number of esters is 1. The van der Waals surface area contributed by atoms with E-state index in [1.165, 1.54) is 17.8 Å². The zero-order chi connectivity index (χ0) is 23.8. The van der Waals surface area contributed by atoms with Gasteiger partial charge in [-0.1, -0.05) is 12.1 Å². The zero-order valence-corrected chi connectivity index (χ0v) is 18.6. The van der Waals surface area contributed by atoms with E-state index in [1.54, 1.807) is 53.0 Å². The van der Waals surface area contributed by atoms with E-state index >= 15 is 0 Å². The Balaban J connectivity index is 1.39. The van der Waals surface area contributed by atoms with E-state index in [9.17, 15) is 14.4 Å². The predicted molar refractivity (Wildman–Crippen MR) is 121 cm³/mol. The summed E-state index contributed by atoms with van der Waals surface area (Å²) in [5.41, 5.74) is 1.80. The molecule has 34 heavy (non-hydrogen) atoms. The number of ether oxygens (including phenoxy) is 1. The predicted octanol–water partition coefficient (Wildman–Crippen LogP) is 2.15. The Morgan fingerprint density at radius 2 is 1.94 bits per heavy atom. The van der Waals surface area contributed by atoms with Gasteiger partial charge in [0.25, 0.3) is 11.8 Å². The van der Waals surface area contributed by atoms with E-state index < -0.39 is 11.9 Å². The number of fused-ring (bicyclic) bond motifs is 1. The molecule has 0 atom stereocenters. The number of hydrogen-bond donors (Lipinski definition) is 1. The number of imidazole rings is 1. The van der Waals surface area contributed by atoms with Gasteiger partial charge in [-0.05, 0) is 24.6 Å². The highest BCUT2D eigenvalue weighted by Crippen LogP contribution is 2.24. The van der Waals surface area contributed by atoms with Gasteiger partial charge in [0, 0.05) is 45.0 Å². The molecular weight excluding hydrogens is 438 g/mol. The van der Waals surface area contributed by atoms with Crippen LogP contribution in [-0.4, -0.2) is 59.9 Å². The fourth-order valence-corrected chi connectivity index (χ4v) is 3.69. The second-order valence-electron chi connectivity index (χ2n) is 7.90. The SMILES string of the molecule is CC(=O)Oc1cccc(-c2cn3ccc(NC(=O)c4c(C(=O)N5CCC5)cnn4C)nc3n2)c1. The molecule has 2 amide bonds. The first-order chi connectivity index (χ1) is 16.4. The largest absolute Gasteiger partial charge is 0.427 e. The third-order valence-corrected chi connectivity index (χ3v) is 5.49. The molecule has 1 aromatic carbocycles. The van der Waals surface area contributed by atoms with Gasteiger partial charge in [0.15, 0.2) is 0 Å². The van der Waals surface area contributed by atoms with Gasteiger partial charge in [-0.25, -0.2) is 4.98 Å². The number of aryl methyl sites for hydroxylation is 1. The molecular formula is C23H21N7O4.